The largest absolute Gasteiger partial charge is 0.493 e. The average molecular weight is 568 g/mol. The van der Waals surface area contributed by atoms with E-state index < -0.39 is 22.7 Å². The van der Waals surface area contributed by atoms with Crippen molar-refractivity contribution in [3.63, 3.8) is 0 Å². The van der Waals surface area contributed by atoms with Crippen molar-refractivity contribution in [2.75, 3.05) is 13.2 Å². The maximum Gasteiger partial charge on any atom is 0.277 e. The fourth-order valence-electron chi connectivity index (χ4n) is 4.70. The Kier molecular flexibility index (Phi) is 9.72. The van der Waals surface area contributed by atoms with Gasteiger partial charge in [0.05, 0.1) is 35.4 Å². The minimum absolute atomic E-state index is 0.0546. The summed E-state index contributed by atoms with van der Waals surface area (Å²) in [5.41, 5.74) is 1.54. The maximum atomic E-state index is 13.4. The van der Waals surface area contributed by atoms with Crippen LogP contribution in [0.15, 0.2) is 58.2 Å². The van der Waals surface area contributed by atoms with Crippen LogP contribution in [0.1, 0.15) is 69.1 Å². The lowest BCUT2D eigenvalue weighted by Crippen LogP contribution is -2.31. The molecule has 1 atom stereocenters. The number of H-pyrrole nitrogens is 1. The summed E-state index contributed by atoms with van der Waals surface area (Å²) in [6.45, 7) is 5.68. The van der Waals surface area contributed by atoms with Gasteiger partial charge in [-0.25, -0.2) is 22.6 Å². The molecule has 2 heterocycles. The normalized spacial score (nSPS) is 12.6. The Morgan fingerprint density at radius 3 is 2.52 bits per heavy atom. The Morgan fingerprint density at radius 2 is 1.82 bits per heavy atom. The molecule has 0 radical (unpaired) electrons. The van der Waals surface area contributed by atoms with Crippen molar-refractivity contribution in [3.8, 4) is 17.1 Å². The van der Waals surface area contributed by atoms with Gasteiger partial charge in [0.15, 0.2) is 11.3 Å². The van der Waals surface area contributed by atoms with Gasteiger partial charge < -0.3 is 14.8 Å². The van der Waals surface area contributed by atoms with Crippen molar-refractivity contribution in [2.45, 2.75) is 70.2 Å². The van der Waals surface area contributed by atoms with Crippen LogP contribution in [0.5, 0.6) is 5.75 Å². The van der Waals surface area contributed by atoms with Gasteiger partial charge in [-0.15, -0.1) is 5.10 Å². The van der Waals surface area contributed by atoms with Crippen molar-refractivity contribution in [3.05, 3.63) is 76.0 Å². The van der Waals surface area contributed by atoms with E-state index in [2.05, 4.69) is 21.6 Å². The van der Waals surface area contributed by atoms with E-state index in [1.807, 2.05) is 13.0 Å². The molecule has 0 saturated heterocycles. The molecule has 0 bridgehead atoms. The number of aliphatic hydroxyl groups is 1. The van der Waals surface area contributed by atoms with Crippen LogP contribution >= 0.6 is 0 Å². The summed E-state index contributed by atoms with van der Waals surface area (Å²) in [7, 11) is -4.06. The summed E-state index contributed by atoms with van der Waals surface area (Å²) < 4.78 is 36.7. The number of ether oxygens (including phenoxy) is 1. The van der Waals surface area contributed by atoms with Crippen molar-refractivity contribution in [2.24, 2.45) is 0 Å². The number of aromatic nitrogens is 4. The number of aromatic amines is 1. The molecular weight excluding hydrogens is 530 g/mol. The predicted molar refractivity (Wildman–Crippen MR) is 154 cm³/mol. The van der Waals surface area contributed by atoms with E-state index >= 15 is 0 Å². The fourth-order valence-corrected chi connectivity index (χ4v) is 5.94. The molecular formula is C29H37N5O5S. The summed E-state index contributed by atoms with van der Waals surface area (Å²) in [6.07, 6.45) is 6.16. The maximum absolute atomic E-state index is 13.4. The number of nitrogens with one attached hydrogen (secondary N) is 2. The molecule has 0 aliphatic carbocycles. The van der Waals surface area contributed by atoms with E-state index in [0.717, 1.165) is 25.7 Å². The van der Waals surface area contributed by atoms with Gasteiger partial charge in [-0.3, -0.25) is 4.79 Å². The molecule has 0 spiro atoms. The lowest BCUT2D eigenvalue weighted by Gasteiger charge is -2.18. The first-order valence-corrected chi connectivity index (χ1v) is 15.2. The van der Waals surface area contributed by atoms with Crippen molar-refractivity contribution in [1.82, 2.24) is 24.3 Å². The second-order valence-electron chi connectivity index (χ2n) is 9.70. The molecule has 11 heteroatoms. The van der Waals surface area contributed by atoms with Crippen LogP contribution in [0, 0.1) is 6.92 Å². The van der Waals surface area contributed by atoms with Crippen LogP contribution in [0.3, 0.4) is 0 Å². The zero-order chi connectivity index (χ0) is 28.7. The zero-order valence-electron chi connectivity index (χ0n) is 23.2. The second-order valence-corrected chi connectivity index (χ2v) is 11.4. The highest BCUT2D eigenvalue weighted by Gasteiger charge is 2.24. The van der Waals surface area contributed by atoms with Gasteiger partial charge in [-0.1, -0.05) is 62.9 Å². The third kappa shape index (κ3) is 6.60. The number of aryl methyl sites for hydroxylation is 2. The monoisotopic (exact) mass is 567 g/mol. The highest BCUT2D eigenvalue weighted by Crippen LogP contribution is 2.31. The van der Waals surface area contributed by atoms with E-state index in [1.165, 1.54) is 18.6 Å². The van der Waals surface area contributed by atoms with E-state index in [0.29, 0.717) is 46.9 Å². The molecule has 0 aliphatic rings. The van der Waals surface area contributed by atoms with Gasteiger partial charge in [0.1, 0.15) is 11.6 Å². The Labute approximate surface area is 234 Å². The molecule has 40 heavy (non-hydrogen) atoms. The van der Waals surface area contributed by atoms with E-state index in [9.17, 15) is 18.3 Å². The number of nitrogens with zero attached hydrogens (tertiary/aromatic N) is 3. The van der Waals surface area contributed by atoms with Crippen molar-refractivity contribution >= 4 is 15.5 Å². The van der Waals surface area contributed by atoms with Gasteiger partial charge in [0.25, 0.3) is 5.56 Å². The highest BCUT2D eigenvalue weighted by atomic mass is 32.2. The van der Waals surface area contributed by atoms with Gasteiger partial charge in [-0.05, 0) is 44.0 Å². The number of fused-ring (bicyclic) bond motifs is 1. The predicted octanol–water partition coefficient (Wildman–Crippen LogP) is 4.32. The van der Waals surface area contributed by atoms with Crippen LogP contribution in [0.4, 0.5) is 0 Å². The number of rotatable bonds is 14. The Balaban J connectivity index is 1.73. The second kappa shape index (κ2) is 13.2. The Hall–Kier alpha value is -3.54. The van der Waals surface area contributed by atoms with Crippen molar-refractivity contribution < 1.29 is 18.3 Å². The SMILES string of the molecule is CCCCCCCc1nc(C)c2c(=O)[nH]c(-c3cc(S(=O)(=O)NC(CO)c4ccccc4)ccc3OCC)nn12. The first-order valence-electron chi connectivity index (χ1n) is 13.7. The Morgan fingerprint density at radius 1 is 1.07 bits per heavy atom. The topological polar surface area (TPSA) is 139 Å². The van der Waals surface area contributed by atoms with Crippen LogP contribution in [-0.4, -0.2) is 46.3 Å². The van der Waals surface area contributed by atoms with Crippen molar-refractivity contribution in [1.29, 1.82) is 0 Å². The number of unbranched alkanes of at least 4 members (excludes halogenated alkanes) is 4. The molecule has 1 unspecified atom stereocenters. The number of imidazole rings is 1. The van der Waals surface area contributed by atoms with Crippen LogP contribution in [0.2, 0.25) is 0 Å². The van der Waals surface area contributed by atoms with Crippen LogP contribution in [0.25, 0.3) is 16.9 Å². The first kappa shape index (κ1) is 29.4. The minimum Gasteiger partial charge on any atom is -0.493 e. The fraction of sp³-hybridized carbons (Fsp3) is 0.414. The number of aliphatic hydroxyl groups excluding tert-OH is 1. The number of benzene rings is 2. The van der Waals surface area contributed by atoms with Crippen LogP contribution < -0.4 is 15.0 Å². The number of hydrogen-bond donors (Lipinski definition) is 3. The molecule has 10 nitrogen and oxygen atoms in total. The average Bonchev–Trinajstić information content (AvgIpc) is 3.27. The summed E-state index contributed by atoms with van der Waals surface area (Å²) >= 11 is 0. The molecule has 0 aliphatic heterocycles. The van der Waals surface area contributed by atoms with E-state index in [-0.39, 0.29) is 16.3 Å². The lowest BCUT2D eigenvalue weighted by atomic mass is 10.1. The third-order valence-electron chi connectivity index (χ3n) is 6.74. The molecule has 4 aromatic rings. The van der Waals surface area contributed by atoms with Gasteiger partial charge in [-0.2, -0.15) is 0 Å². The molecule has 2 aromatic heterocycles. The number of hydrogen-bond acceptors (Lipinski definition) is 7. The Bertz CT molecular complexity index is 1600. The summed E-state index contributed by atoms with van der Waals surface area (Å²) in [5.74, 6) is 1.24. The number of sulfonamides is 1. The molecule has 214 valence electrons. The zero-order valence-corrected chi connectivity index (χ0v) is 24.0. The molecule has 0 amide bonds. The van der Waals surface area contributed by atoms with E-state index in [4.69, 9.17) is 9.84 Å². The summed E-state index contributed by atoms with van der Waals surface area (Å²) in [5, 5.41) is 14.6. The minimum atomic E-state index is -4.06. The molecule has 3 N–H and O–H groups in total. The lowest BCUT2D eigenvalue weighted by molar-refractivity contribution is 0.259. The van der Waals surface area contributed by atoms with Gasteiger partial charge >= 0.3 is 0 Å². The first-order chi connectivity index (χ1) is 19.3. The molecule has 4 rings (SSSR count). The van der Waals surface area contributed by atoms with Gasteiger partial charge in [0, 0.05) is 6.42 Å². The quantitative estimate of drug-likeness (QED) is 0.193. The van der Waals surface area contributed by atoms with Crippen LogP contribution in [-0.2, 0) is 16.4 Å². The highest BCUT2D eigenvalue weighted by molar-refractivity contribution is 7.89. The smallest absolute Gasteiger partial charge is 0.277 e. The molecule has 2 aromatic carbocycles. The summed E-state index contributed by atoms with van der Waals surface area (Å²) in [6, 6.07) is 12.4. The molecule has 0 fully saturated rings. The summed E-state index contributed by atoms with van der Waals surface area (Å²) in [4.78, 5) is 20.5. The molecule has 0 saturated carbocycles. The van der Waals surface area contributed by atoms with Gasteiger partial charge in [0.2, 0.25) is 10.0 Å². The third-order valence-corrected chi connectivity index (χ3v) is 8.21. The standard InChI is InChI=1S/C29H37N5O5S/c1-4-6-7-8-12-15-26-30-20(3)27-29(36)31-28(32-34(26)27)23-18-22(16-17-25(23)39-5-2)40(37,38)33-24(19-35)21-13-10-9-11-14-21/h9-11,13-14,16-18,24,33,35H,4-8,12,15,19H2,1-3H3,(H,31,32,36). The van der Waals surface area contributed by atoms with E-state index in [1.54, 1.807) is 41.8 Å².